The number of nitrogens with zero attached hydrogens (tertiary/aromatic N) is 2. The molecule has 5 nitrogen and oxygen atoms in total. The number of nitrogens with one attached hydrogen (secondary N) is 1. The molecule has 1 fully saturated rings. The van der Waals surface area contributed by atoms with E-state index in [-0.39, 0.29) is 11.9 Å². The van der Waals surface area contributed by atoms with Crippen LogP contribution in [0.3, 0.4) is 0 Å². The quantitative estimate of drug-likeness (QED) is 0.919. The summed E-state index contributed by atoms with van der Waals surface area (Å²) in [7, 11) is 0. The van der Waals surface area contributed by atoms with Crippen molar-refractivity contribution in [2.24, 2.45) is 0 Å². The number of hydrogen-bond acceptors (Lipinski definition) is 3. The molecule has 126 valence electrons. The van der Waals surface area contributed by atoms with E-state index in [1.165, 1.54) is 12.0 Å². The van der Waals surface area contributed by atoms with Gasteiger partial charge in [-0.2, -0.15) is 0 Å². The fourth-order valence-electron chi connectivity index (χ4n) is 3.54. The highest BCUT2D eigenvalue weighted by Gasteiger charge is 2.40. The van der Waals surface area contributed by atoms with Gasteiger partial charge < -0.3 is 14.6 Å². The molecular formula is C19H23N3O2. The van der Waals surface area contributed by atoms with Crippen LogP contribution in [0.2, 0.25) is 0 Å². The molecule has 2 heterocycles. The van der Waals surface area contributed by atoms with Gasteiger partial charge in [-0.25, -0.2) is 4.98 Å². The van der Waals surface area contributed by atoms with E-state index < -0.39 is 0 Å². The maximum atomic E-state index is 12.6. The van der Waals surface area contributed by atoms with E-state index in [9.17, 15) is 4.79 Å². The number of aromatic nitrogens is 2. The van der Waals surface area contributed by atoms with Gasteiger partial charge in [0.05, 0.1) is 12.8 Å². The normalized spacial score (nSPS) is 21.9. The largest absolute Gasteiger partial charge is 0.494 e. The Hall–Kier alpha value is -2.30. The molecule has 1 N–H and O–H groups in total. The van der Waals surface area contributed by atoms with Crippen molar-refractivity contribution in [3.63, 3.8) is 0 Å². The molecule has 0 saturated heterocycles. The summed E-state index contributed by atoms with van der Waals surface area (Å²) in [6.07, 6.45) is 6.00. The molecule has 1 saturated carbocycles. The third-order valence-corrected chi connectivity index (χ3v) is 4.93. The van der Waals surface area contributed by atoms with Crippen LogP contribution in [-0.4, -0.2) is 28.1 Å². The number of rotatable bonds is 5. The molecule has 1 aliphatic carbocycles. The molecule has 1 aliphatic heterocycles. The van der Waals surface area contributed by atoms with Crippen molar-refractivity contribution >= 4 is 5.91 Å². The van der Waals surface area contributed by atoms with Gasteiger partial charge in [0.2, 0.25) is 0 Å². The fourth-order valence-corrected chi connectivity index (χ4v) is 3.54. The van der Waals surface area contributed by atoms with E-state index in [1.54, 1.807) is 6.20 Å². The number of carbonyl (C=O) groups is 1. The van der Waals surface area contributed by atoms with Crippen LogP contribution in [0.15, 0.2) is 30.5 Å². The first-order valence-corrected chi connectivity index (χ1v) is 8.84. The van der Waals surface area contributed by atoms with Crippen LogP contribution in [0.1, 0.15) is 54.0 Å². The molecule has 0 unspecified atom stereocenters. The first kappa shape index (κ1) is 15.2. The van der Waals surface area contributed by atoms with Crippen molar-refractivity contribution in [3.05, 3.63) is 47.5 Å². The number of benzene rings is 1. The molecule has 2 aliphatic rings. The van der Waals surface area contributed by atoms with Gasteiger partial charge in [-0.1, -0.05) is 12.1 Å². The van der Waals surface area contributed by atoms with Gasteiger partial charge in [0.15, 0.2) is 0 Å². The van der Waals surface area contributed by atoms with E-state index in [1.807, 2.05) is 19.1 Å². The molecule has 1 aromatic carbocycles. The summed E-state index contributed by atoms with van der Waals surface area (Å²) in [5.41, 5.74) is 1.97. The average molecular weight is 325 g/mol. The molecule has 5 heteroatoms. The van der Waals surface area contributed by atoms with E-state index >= 15 is 0 Å². The molecule has 2 atom stereocenters. The highest BCUT2D eigenvalue weighted by atomic mass is 16.5. The van der Waals surface area contributed by atoms with Crippen LogP contribution in [0.5, 0.6) is 5.75 Å². The van der Waals surface area contributed by atoms with Crippen LogP contribution < -0.4 is 10.1 Å². The zero-order chi connectivity index (χ0) is 16.5. The Morgan fingerprint density at radius 1 is 1.33 bits per heavy atom. The first-order chi connectivity index (χ1) is 11.8. The van der Waals surface area contributed by atoms with Crippen LogP contribution in [-0.2, 0) is 13.0 Å². The van der Waals surface area contributed by atoms with E-state index in [2.05, 4.69) is 27.0 Å². The lowest BCUT2D eigenvalue weighted by atomic mass is 10.1. The zero-order valence-corrected chi connectivity index (χ0v) is 14.0. The number of ether oxygens (including phenoxy) is 1. The second kappa shape index (κ2) is 6.30. The van der Waals surface area contributed by atoms with Crippen LogP contribution in [0.4, 0.5) is 0 Å². The molecule has 0 radical (unpaired) electrons. The average Bonchev–Trinajstić information content (AvgIpc) is 3.22. The maximum absolute atomic E-state index is 12.6. The Balaban J connectivity index is 1.39. The predicted octanol–water partition coefficient (Wildman–Crippen LogP) is 2.90. The van der Waals surface area contributed by atoms with Crippen LogP contribution in [0, 0.1) is 0 Å². The minimum Gasteiger partial charge on any atom is -0.494 e. The van der Waals surface area contributed by atoms with Gasteiger partial charge >= 0.3 is 0 Å². The summed E-state index contributed by atoms with van der Waals surface area (Å²) in [6.45, 7) is 3.57. The highest BCUT2D eigenvalue weighted by Crippen LogP contribution is 2.41. The Kier molecular flexibility index (Phi) is 4.00. The van der Waals surface area contributed by atoms with Gasteiger partial charge in [0.25, 0.3) is 5.91 Å². The minimum absolute atomic E-state index is 0.00841. The zero-order valence-electron chi connectivity index (χ0n) is 14.0. The highest BCUT2D eigenvalue weighted by molar-refractivity contribution is 5.93. The molecule has 24 heavy (non-hydrogen) atoms. The van der Waals surface area contributed by atoms with E-state index in [0.717, 1.165) is 37.4 Å². The van der Waals surface area contributed by atoms with Gasteiger partial charge in [-0.15, -0.1) is 0 Å². The third-order valence-electron chi connectivity index (χ3n) is 4.93. The summed E-state index contributed by atoms with van der Waals surface area (Å²) >= 11 is 0. The summed E-state index contributed by atoms with van der Waals surface area (Å²) in [4.78, 5) is 17.0. The van der Waals surface area contributed by atoms with Crippen molar-refractivity contribution in [1.82, 2.24) is 14.9 Å². The number of amides is 1. The molecule has 2 aromatic rings. The van der Waals surface area contributed by atoms with Crippen molar-refractivity contribution in [1.29, 1.82) is 0 Å². The van der Waals surface area contributed by atoms with Crippen molar-refractivity contribution in [2.45, 2.75) is 51.1 Å². The Labute approximate surface area is 142 Å². The van der Waals surface area contributed by atoms with Crippen LogP contribution in [0.25, 0.3) is 0 Å². The molecule has 1 aromatic heterocycles. The van der Waals surface area contributed by atoms with Gasteiger partial charge in [0, 0.05) is 24.9 Å². The monoisotopic (exact) mass is 325 g/mol. The number of hydrogen-bond donors (Lipinski definition) is 1. The van der Waals surface area contributed by atoms with Crippen molar-refractivity contribution in [3.8, 4) is 5.75 Å². The second-order valence-corrected chi connectivity index (χ2v) is 6.59. The summed E-state index contributed by atoms with van der Waals surface area (Å²) in [5.74, 6) is 2.36. The van der Waals surface area contributed by atoms with Crippen molar-refractivity contribution < 1.29 is 9.53 Å². The number of aryl methyl sites for hydroxylation is 1. The number of fused-ring (bicyclic) bond motifs is 1. The number of carbonyl (C=O) groups excluding carboxylic acids is 1. The Bertz CT molecular complexity index is 736. The van der Waals surface area contributed by atoms with E-state index in [4.69, 9.17) is 4.74 Å². The van der Waals surface area contributed by atoms with Crippen LogP contribution >= 0.6 is 0 Å². The summed E-state index contributed by atoms with van der Waals surface area (Å²) in [6, 6.07) is 8.43. The Morgan fingerprint density at radius 3 is 2.96 bits per heavy atom. The van der Waals surface area contributed by atoms with Gasteiger partial charge in [-0.05, 0) is 43.9 Å². The molecule has 0 bridgehead atoms. The Morgan fingerprint density at radius 2 is 2.17 bits per heavy atom. The summed E-state index contributed by atoms with van der Waals surface area (Å²) < 4.78 is 7.55. The standard InChI is InChI=1S/C19H23N3O2/c1-2-24-14-8-6-13(7-9-14)15-11-16(15)21-19(23)17-12-20-18-5-3-4-10-22(17)18/h6-9,12,15-16H,2-5,10-11H2,1H3,(H,21,23)/t15-,16+/m0/s1. The topological polar surface area (TPSA) is 56.1 Å². The smallest absolute Gasteiger partial charge is 0.269 e. The first-order valence-electron chi connectivity index (χ1n) is 8.84. The lowest BCUT2D eigenvalue weighted by Gasteiger charge is -2.16. The van der Waals surface area contributed by atoms with Crippen molar-refractivity contribution in [2.75, 3.05) is 6.61 Å². The lowest BCUT2D eigenvalue weighted by Crippen LogP contribution is -2.29. The lowest BCUT2D eigenvalue weighted by molar-refractivity contribution is 0.0940. The summed E-state index contributed by atoms with van der Waals surface area (Å²) in [5, 5.41) is 3.16. The molecule has 0 spiro atoms. The molecule has 1 amide bonds. The molecule has 4 rings (SSSR count). The van der Waals surface area contributed by atoms with Gasteiger partial charge in [0.1, 0.15) is 17.3 Å². The number of imidazole rings is 1. The predicted molar refractivity (Wildman–Crippen MR) is 91.4 cm³/mol. The van der Waals surface area contributed by atoms with E-state index in [0.29, 0.717) is 18.2 Å². The maximum Gasteiger partial charge on any atom is 0.269 e. The fraction of sp³-hybridized carbons (Fsp3) is 0.474. The second-order valence-electron chi connectivity index (χ2n) is 6.59. The molecular weight excluding hydrogens is 302 g/mol. The SMILES string of the molecule is CCOc1ccc([C@@H]2C[C@H]2NC(=O)c2cnc3n2CCCC3)cc1. The third kappa shape index (κ3) is 2.90. The minimum atomic E-state index is 0.00841. The van der Waals surface area contributed by atoms with Gasteiger partial charge in [-0.3, -0.25) is 4.79 Å².